The molecule has 0 aliphatic carbocycles. The van der Waals surface area contributed by atoms with Crippen LogP contribution in [0.4, 0.5) is 5.82 Å². The Hall–Kier alpha value is -3.68. The molecule has 0 amide bonds. The van der Waals surface area contributed by atoms with Crippen molar-refractivity contribution in [2.45, 2.75) is 6.54 Å². The summed E-state index contributed by atoms with van der Waals surface area (Å²) in [6, 6.07) is 9.52. The Balaban J connectivity index is 1.74. The van der Waals surface area contributed by atoms with Crippen molar-refractivity contribution in [1.82, 2.24) is 19.7 Å². The third kappa shape index (κ3) is 3.09. The number of carbonyl (C=O) groups excluding carboxylic acids is 1. The molecule has 0 atom stereocenters. The predicted molar refractivity (Wildman–Crippen MR) is 105 cm³/mol. The van der Waals surface area contributed by atoms with E-state index in [1.165, 1.54) is 7.11 Å². The number of benzene rings is 1. The Morgan fingerprint density at radius 3 is 2.64 bits per heavy atom. The first-order valence-corrected chi connectivity index (χ1v) is 8.67. The van der Waals surface area contributed by atoms with Gasteiger partial charge in [0.05, 0.1) is 43.0 Å². The lowest BCUT2D eigenvalue weighted by molar-refractivity contribution is 0.0594. The second kappa shape index (κ2) is 7.15. The van der Waals surface area contributed by atoms with E-state index in [1.807, 2.05) is 31.3 Å². The van der Waals surface area contributed by atoms with Crippen molar-refractivity contribution < 1.29 is 14.3 Å². The zero-order valence-corrected chi connectivity index (χ0v) is 15.8. The Morgan fingerprint density at radius 1 is 1.14 bits per heavy atom. The van der Waals surface area contributed by atoms with Crippen LogP contribution >= 0.6 is 0 Å². The van der Waals surface area contributed by atoms with Gasteiger partial charge in [0.25, 0.3) is 0 Å². The lowest BCUT2D eigenvalue weighted by Gasteiger charge is -2.10. The maximum Gasteiger partial charge on any atom is 0.356 e. The van der Waals surface area contributed by atoms with Crippen LogP contribution in [0.1, 0.15) is 16.1 Å². The minimum atomic E-state index is -0.487. The number of methoxy groups -OCH3 is 2. The van der Waals surface area contributed by atoms with Crippen molar-refractivity contribution in [3.8, 4) is 5.75 Å². The Morgan fingerprint density at radius 2 is 1.93 bits per heavy atom. The van der Waals surface area contributed by atoms with Gasteiger partial charge in [0.2, 0.25) is 0 Å². The average molecular weight is 377 g/mol. The van der Waals surface area contributed by atoms with Gasteiger partial charge in [-0.05, 0) is 23.8 Å². The first kappa shape index (κ1) is 17.7. The van der Waals surface area contributed by atoms with Crippen molar-refractivity contribution in [2.24, 2.45) is 7.05 Å². The minimum absolute atomic E-state index is 0.234. The summed E-state index contributed by atoms with van der Waals surface area (Å²) >= 11 is 0. The molecule has 0 bridgehead atoms. The summed E-state index contributed by atoms with van der Waals surface area (Å²) in [6.45, 7) is 0.597. The van der Waals surface area contributed by atoms with E-state index >= 15 is 0 Å². The number of anilines is 1. The second-order valence-electron chi connectivity index (χ2n) is 6.27. The van der Waals surface area contributed by atoms with E-state index in [-0.39, 0.29) is 5.69 Å². The van der Waals surface area contributed by atoms with Crippen molar-refractivity contribution in [2.75, 3.05) is 19.5 Å². The Labute approximate surface area is 161 Å². The number of hydrogen-bond donors (Lipinski definition) is 1. The van der Waals surface area contributed by atoms with Crippen LogP contribution in [0.15, 0.2) is 42.7 Å². The number of nitrogens with one attached hydrogen (secondary N) is 1. The van der Waals surface area contributed by atoms with Gasteiger partial charge in [-0.2, -0.15) is 5.10 Å². The zero-order valence-electron chi connectivity index (χ0n) is 15.8. The summed E-state index contributed by atoms with van der Waals surface area (Å²) < 4.78 is 11.7. The third-order valence-electron chi connectivity index (χ3n) is 4.58. The number of esters is 1. The fourth-order valence-corrected chi connectivity index (χ4v) is 3.12. The fraction of sp³-hybridized carbons (Fsp3) is 0.200. The first-order valence-electron chi connectivity index (χ1n) is 8.67. The number of ether oxygens (including phenoxy) is 2. The number of aryl methyl sites for hydroxylation is 1. The van der Waals surface area contributed by atoms with Gasteiger partial charge in [0.15, 0.2) is 0 Å². The highest BCUT2D eigenvalue weighted by Gasteiger charge is 2.16. The van der Waals surface area contributed by atoms with E-state index in [9.17, 15) is 4.79 Å². The maximum absolute atomic E-state index is 11.8. The van der Waals surface area contributed by atoms with Gasteiger partial charge in [-0.1, -0.05) is 12.1 Å². The summed E-state index contributed by atoms with van der Waals surface area (Å²) in [6.07, 6.45) is 3.34. The van der Waals surface area contributed by atoms with Crippen LogP contribution in [0, 0.1) is 0 Å². The summed E-state index contributed by atoms with van der Waals surface area (Å²) in [5.41, 5.74) is 2.87. The van der Waals surface area contributed by atoms with Crippen LogP contribution in [0.25, 0.3) is 21.8 Å². The van der Waals surface area contributed by atoms with Crippen LogP contribution in [0.2, 0.25) is 0 Å². The molecule has 8 nitrogen and oxygen atoms in total. The SMILES string of the molecule is COC(=O)c1cc2c(cn1)nc(NCc1ccc(OC)cc1)c1cnn(C)c12. The fourth-order valence-electron chi connectivity index (χ4n) is 3.12. The van der Waals surface area contributed by atoms with Crippen molar-refractivity contribution in [1.29, 1.82) is 0 Å². The molecular weight excluding hydrogens is 358 g/mol. The predicted octanol–water partition coefficient (Wildman–Crippen LogP) is 2.92. The number of nitrogens with zero attached hydrogens (tertiary/aromatic N) is 4. The second-order valence-corrected chi connectivity index (χ2v) is 6.27. The van der Waals surface area contributed by atoms with Gasteiger partial charge in [-0.25, -0.2) is 14.8 Å². The van der Waals surface area contributed by atoms with E-state index in [1.54, 1.807) is 30.3 Å². The van der Waals surface area contributed by atoms with E-state index in [0.29, 0.717) is 17.9 Å². The summed E-state index contributed by atoms with van der Waals surface area (Å²) in [4.78, 5) is 20.7. The first-order chi connectivity index (χ1) is 13.6. The molecule has 4 rings (SSSR count). The van der Waals surface area contributed by atoms with E-state index in [2.05, 4.69) is 20.4 Å². The smallest absolute Gasteiger partial charge is 0.356 e. The zero-order chi connectivity index (χ0) is 19.7. The standard InChI is InChI=1S/C20H19N5O3/c1-25-18-14-8-16(20(26)28-3)21-11-17(14)24-19(15(18)10-23-25)22-9-12-4-6-13(27-2)7-5-12/h4-8,10-11H,9H2,1-3H3,(H,22,24). The molecule has 0 radical (unpaired) electrons. The molecule has 0 spiro atoms. The van der Waals surface area contributed by atoms with Crippen molar-refractivity contribution in [3.63, 3.8) is 0 Å². The topological polar surface area (TPSA) is 91.2 Å². The molecule has 8 heteroatoms. The molecule has 0 aliphatic heterocycles. The number of pyridine rings is 2. The van der Waals surface area contributed by atoms with Gasteiger partial charge in [-0.3, -0.25) is 4.68 Å². The van der Waals surface area contributed by atoms with Crippen LogP contribution < -0.4 is 10.1 Å². The lowest BCUT2D eigenvalue weighted by Crippen LogP contribution is -2.06. The number of fused-ring (bicyclic) bond motifs is 3. The molecule has 0 saturated heterocycles. The van der Waals surface area contributed by atoms with Crippen LogP contribution in [0.5, 0.6) is 5.75 Å². The van der Waals surface area contributed by atoms with Gasteiger partial charge in [0, 0.05) is 19.0 Å². The Kier molecular flexibility index (Phi) is 4.52. The normalized spacial score (nSPS) is 11.0. The monoisotopic (exact) mass is 377 g/mol. The molecule has 1 aromatic carbocycles. The van der Waals surface area contributed by atoms with Crippen LogP contribution in [-0.2, 0) is 18.3 Å². The molecular formula is C20H19N5O3. The largest absolute Gasteiger partial charge is 0.497 e. The number of carbonyl (C=O) groups is 1. The average Bonchev–Trinajstić information content (AvgIpc) is 3.13. The quantitative estimate of drug-likeness (QED) is 0.535. The van der Waals surface area contributed by atoms with Gasteiger partial charge < -0.3 is 14.8 Å². The molecule has 0 fully saturated rings. The summed E-state index contributed by atoms with van der Waals surface area (Å²) in [5, 5.41) is 9.39. The minimum Gasteiger partial charge on any atom is -0.497 e. The molecule has 28 heavy (non-hydrogen) atoms. The van der Waals surface area contributed by atoms with Crippen molar-refractivity contribution >= 4 is 33.6 Å². The van der Waals surface area contributed by atoms with Crippen molar-refractivity contribution in [3.05, 3.63) is 54.0 Å². The highest BCUT2D eigenvalue weighted by atomic mass is 16.5. The highest BCUT2D eigenvalue weighted by Crippen LogP contribution is 2.29. The molecule has 0 unspecified atom stereocenters. The van der Waals surface area contributed by atoms with Gasteiger partial charge >= 0.3 is 5.97 Å². The van der Waals surface area contributed by atoms with E-state index in [0.717, 1.165) is 27.6 Å². The maximum atomic E-state index is 11.8. The molecule has 3 heterocycles. The van der Waals surface area contributed by atoms with Crippen LogP contribution in [-0.4, -0.2) is 39.9 Å². The number of rotatable bonds is 5. The van der Waals surface area contributed by atoms with Gasteiger partial charge in [0.1, 0.15) is 17.3 Å². The molecule has 4 aromatic rings. The molecule has 0 saturated carbocycles. The van der Waals surface area contributed by atoms with E-state index in [4.69, 9.17) is 9.47 Å². The molecule has 142 valence electrons. The van der Waals surface area contributed by atoms with Crippen LogP contribution in [0.3, 0.4) is 0 Å². The van der Waals surface area contributed by atoms with E-state index < -0.39 is 5.97 Å². The number of aromatic nitrogens is 4. The Bertz CT molecular complexity index is 1170. The molecule has 0 aliphatic rings. The number of hydrogen-bond acceptors (Lipinski definition) is 7. The summed E-state index contributed by atoms with van der Waals surface area (Å²) in [7, 11) is 4.83. The van der Waals surface area contributed by atoms with Gasteiger partial charge in [-0.15, -0.1) is 0 Å². The highest BCUT2D eigenvalue weighted by molar-refractivity contribution is 6.09. The summed E-state index contributed by atoms with van der Waals surface area (Å²) in [5.74, 6) is 1.03. The lowest BCUT2D eigenvalue weighted by atomic mass is 10.1. The third-order valence-corrected chi connectivity index (χ3v) is 4.58. The molecule has 3 aromatic heterocycles. The molecule has 1 N–H and O–H groups in total.